The van der Waals surface area contributed by atoms with Crippen LogP contribution in [0, 0.1) is 0 Å². The molecule has 0 saturated heterocycles. The molecule has 1 N–H and O–H groups in total. The molecule has 3 aliphatic carbocycles. The van der Waals surface area contributed by atoms with Gasteiger partial charge in [0.1, 0.15) is 0 Å². The Morgan fingerprint density at radius 2 is 1.71 bits per heavy atom. The molecule has 2 fully saturated rings. The van der Waals surface area contributed by atoms with E-state index in [4.69, 9.17) is 16.7 Å². The second-order valence-corrected chi connectivity index (χ2v) is 10.3. The van der Waals surface area contributed by atoms with E-state index < -0.39 is 0 Å². The zero-order valence-corrected chi connectivity index (χ0v) is 19.2. The number of fused-ring (bicyclic) bond motifs is 1. The molecule has 31 heavy (non-hydrogen) atoms. The Kier molecular flexibility index (Phi) is 6.36. The number of carbonyl (C=O) groups is 1. The maximum atomic E-state index is 13.2. The summed E-state index contributed by atoms with van der Waals surface area (Å²) < 4.78 is 2.32. The molecule has 1 unspecified atom stereocenters. The average Bonchev–Trinajstić information content (AvgIpc) is 3.02. The molecule has 0 aliphatic heterocycles. The predicted octanol–water partition coefficient (Wildman–Crippen LogP) is 6.38. The van der Waals surface area contributed by atoms with Crippen molar-refractivity contribution >= 4 is 17.5 Å². The topological polar surface area (TPSA) is 46.9 Å². The van der Waals surface area contributed by atoms with E-state index in [0.717, 1.165) is 49.2 Å². The number of amides is 1. The maximum absolute atomic E-state index is 13.2. The van der Waals surface area contributed by atoms with Crippen LogP contribution in [0.25, 0.3) is 0 Å². The van der Waals surface area contributed by atoms with Gasteiger partial charge in [-0.3, -0.25) is 9.48 Å². The van der Waals surface area contributed by atoms with Crippen molar-refractivity contribution in [2.75, 3.05) is 0 Å². The Morgan fingerprint density at radius 1 is 0.968 bits per heavy atom. The number of nitrogens with one attached hydrogen (secondary N) is 1. The summed E-state index contributed by atoms with van der Waals surface area (Å²) in [6, 6.07) is 9.07. The molecule has 1 atom stereocenters. The lowest BCUT2D eigenvalue weighted by Crippen LogP contribution is -2.40. The lowest BCUT2D eigenvalue weighted by molar-refractivity contribution is 0.0909. The van der Waals surface area contributed by atoms with Gasteiger partial charge in [0.05, 0.1) is 6.04 Å². The van der Waals surface area contributed by atoms with Crippen molar-refractivity contribution in [3.63, 3.8) is 0 Å². The molecule has 1 amide bonds. The first-order valence-corrected chi connectivity index (χ1v) is 12.7. The van der Waals surface area contributed by atoms with Crippen LogP contribution in [0.15, 0.2) is 24.3 Å². The number of carbonyl (C=O) groups excluding carboxylic acids is 1. The number of aromatic nitrogens is 2. The summed E-state index contributed by atoms with van der Waals surface area (Å²) in [4.78, 5) is 13.2. The van der Waals surface area contributed by atoms with Crippen molar-refractivity contribution in [3.8, 4) is 0 Å². The molecule has 4 nitrogen and oxygen atoms in total. The van der Waals surface area contributed by atoms with Crippen LogP contribution < -0.4 is 5.32 Å². The summed E-state index contributed by atoms with van der Waals surface area (Å²) in [5.74, 6) is 0.473. The lowest BCUT2D eigenvalue weighted by atomic mass is 9.89. The molecule has 2 saturated carbocycles. The minimum atomic E-state index is 0.0580. The highest BCUT2D eigenvalue weighted by Crippen LogP contribution is 2.39. The lowest BCUT2D eigenvalue weighted by Gasteiger charge is -2.27. The number of nitrogens with zero attached hydrogens (tertiary/aromatic N) is 2. The van der Waals surface area contributed by atoms with E-state index >= 15 is 0 Å². The molecule has 5 heteroatoms. The van der Waals surface area contributed by atoms with E-state index in [9.17, 15) is 4.79 Å². The molecular formula is C26H34ClN3O. The van der Waals surface area contributed by atoms with Crippen molar-refractivity contribution in [1.29, 1.82) is 0 Å². The predicted molar refractivity (Wildman–Crippen MR) is 125 cm³/mol. The van der Waals surface area contributed by atoms with Crippen molar-refractivity contribution in [2.45, 2.75) is 101 Å². The Hall–Kier alpha value is -1.81. The molecule has 3 aliphatic rings. The van der Waals surface area contributed by atoms with Crippen LogP contribution in [0.5, 0.6) is 0 Å². The molecule has 1 aromatic carbocycles. The first-order valence-electron chi connectivity index (χ1n) is 12.4. The Balaban J connectivity index is 1.51. The minimum Gasteiger partial charge on any atom is -0.348 e. The molecule has 166 valence electrons. The number of rotatable bonds is 5. The summed E-state index contributed by atoms with van der Waals surface area (Å²) in [6.07, 6.45) is 15.2. The van der Waals surface area contributed by atoms with E-state index in [0.29, 0.717) is 18.0 Å². The second-order valence-electron chi connectivity index (χ2n) is 9.82. The van der Waals surface area contributed by atoms with Gasteiger partial charge in [-0.25, -0.2) is 0 Å². The van der Waals surface area contributed by atoms with Crippen LogP contribution in [-0.2, 0) is 12.8 Å². The van der Waals surface area contributed by atoms with Crippen molar-refractivity contribution < 1.29 is 4.79 Å². The van der Waals surface area contributed by atoms with Crippen LogP contribution in [0.4, 0.5) is 0 Å². The van der Waals surface area contributed by atoms with Crippen LogP contribution in [0.3, 0.4) is 0 Å². The Morgan fingerprint density at radius 3 is 2.42 bits per heavy atom. The summed E-state index contributed by atoms with van der Waals surface area (Å²) in [7, 11) is 0. The number of hydrogen-bond donors (Lipinski definition) is 1. The molecule has 2 aromatic rings. The van der Waals surface area contributed by atoms with E-state index in [1.807, 2.05) is 12.1 Å². The smallest absolute Gasteiger partial charge is 0.272 e. The van der Waals surface area contributed by atoms with E-state index in [1.54, 1.807) is 0 Å². The van der Waals surface area contributed by atoms with Gasteiger partial charge in [-0.15, -0.1) is 0 Å². The molecular weight excluding hydrogens is 406 g/mol. The average molecular weight is 440 g/mol. The van der Waals surface area contributed by atoms with Crippen molar-refractivity contribution in [2.24, 2.45) is 0 Å². The fraction of sp³-hybridized carbons (Fsp3) is 0.615. The summed E-state index contributed by atoms with van der Waals surface area (Å²) in [5.41, 5.74) is 4.63. The fourth-order valence-corrected chi connectivity index (χ4v) is 5.81. The first-order chi connectivity index (χ1) is 15.2. The van der Waals surface area contributed by atoms with Crippen molar-refractivity contribution in [3.05, 3.63) is 51.8 Å². The van der Waals surface area contributed by atoms with Gasteiger partial charge in [0.15, 0.2) is 5.69 Å². The normalized spacial score (nSPS) is 22.4. The number of benzene rings is 1. The molecule has 1 heterocycles. The van der Waals surface area contributed by atoms with Crippen LogP contribution in [-0.4, -0.2) is 21.7 Å². The zero-order valence-electron chi connectivity index (χ0n) is 18.4. The van der Waals surface area contributed by atoms with Crippen LogP contribution in [0.1, 0.15) is 110 Å². The number of hydrogen-bond acceptors (Lipinski definition) is 2. The van der Waals surface area contributed by atoms with Gasteiger partial charge >= 0.3 is 0 Å². The summed E-state index contributed by atoms with van der Waals surface area (Å²) in [6.45, 7) is 0. The van der Waals surface area contributed by atoms with Crippen LogP contribution >= 0.6 is 11.6 Å². The van der Waals surface area contributed by atoms with Gasteiger partial charge in [0, 0.05) is 28.2 Å². The largest absolute Gasteiger partial charge is 0.348 e. The fourth-order valence-electron chi connectivity index (χ4n) is 5.69. The van der Waals surface area contributed by atoms with Gasteiger partial charge in [-0.05, 0) is 75.5 Å². The zero-order chi connectivity index (χ0) is 21.2. The molecule has 0 radical (unpaired) electrons. The third-order valence-electron chi connectivity index (χ3n) is 7.64. The SMILES string of the molecule is O=C(NC1CCC1)c1nn(C2CCCCC2)c2c1CCCCC2Cc1ccc(Cl)cc1. The first kappa shape index (κ1) is 21.1. The van der Waals surface area contributed by atoms with Gasteiger partial charge in [0.25, 0.3) is 5.91 Å². The second kappa shape index (κ2) is 9.36. The van der Waals surface area contributed by atoms with Crippen molar-refractivity contribution in [1.82, 2.24) is 15.1 Å². The molecule has 1 aromatic heterocycles. The van der Waals surface area contributed by atoms with E-state index in [-0.39, 0.29) is 5.91 Å². The minimum absolute atomic E-state index is 0.0580. The molecule has 0 bridgehead atoms. The standard InChI is InChI=1S/C26H34ClN3O/c27-20-15-13-18(14-16-20)17-19-7-4-5-12-23-24(26(31)28-21-8-6-9-21)29-30(25(19)23)22-10-2-1-3-11-22/h13-16,19,21-22H,1-12,17H2,(H,28,31). The van der Waals surface area contributed by atoms with Gasteiger partial charge in [-0.2, -0.15) is 5.10 Å². The van der Waals surface area contributed by atoms with Gasteiger partial charge < -0.3 is 5.32 Å². The van der Waals surface area contributed by atoms with Crippen LogP contribution in [0.2, 0.25) is 5.02 Å². The molecule has 0 spiro atoms. The quantitative estimate of drug-likeness (QED) is 0.549. The van der Waals surface area contributed by atoms with E-state index in [2.05, 4.69) is 22.1 Å². The highest BCUT2D eigenvalue weighted by Gasteiger charge is 2.33. The third kappa shape index (κ3) is 4.55. The van der Waals surface area contributed by atoms with Gasteiger partial charge in [0.2, 0.25) is 0 Å². The number of halogens is 1. The monoisotopic (exact) mass is 439 g/mol. The highest BCUT2D eigenvalue weighted by molar-refractivity contribution is 6.30. The summed E-state index contributed by atoms with van der Waals surface area (Å²) in [5, 5.41) is 9.10. The summed E-state index contributed by atoms with van der Waals surface area (Å²) >= 11 is 6.13. The molecule has 5 rings (SSSR count). The highest BCUT2D eigenvalue weighted by atomic mass is 35.5. The Bertz CT molecular complexity index is 909. The maximum Gasteiger partial charge on any atom is 0.272 e. The van der Waals surface area contributed by atoms with Gasteiger partial charge in [-0.1, -0.05) is 49.4 Å². The third-order valence-corrected chi connectivity index (χ3v) is 7.89. The Labute approximate surface area is 190 Å². The van der Waals surface area contributed by atoms with E-state index in [1.165, 1.54) is 61.8 Å².